The maximum absolute atomic E-state index is 14.0. The van der Waals surface area contributed by atoms with Crippen LogP contribution in [0.15, 0.2) is 78.9 Å². The molecule has 3 amide bonds. The third kappa shape index (κ3) is 18.3. The second-order valence-electron chi connectivity index (χ2n) is 18.8. The SMILES string of the molecule is CCCCCCCCCCCC(CC(=O)OCc1ccccc1)OC(=O)[C@H](C)NC(=O)[C@@H](CC(C)C)NC(=O)[C@H](CC(=O)OC(C)(C)C)NC(=O)OCC1c2ccccc2-c2ccccc21. The van der Waals surface area contributed by atoms with E-state index in [1.165, 1.54) is 39.0 Å². The number of hydrogen-bond acceptors (Lipinski definition) is 10. The van der Waals surface area contributed by atoms with Crippen LogP contribution in [0.25, 0.3) is 11.1 Å². The summed E-state index contributed by atoms with van der Waals surface area (Å²) in [5.74, 6) is -3.82. The summed E-state index contributed by atoms with van der Waals surface area (Å²) in [6.07, 6.45) is 8.17. The van der Waals surface area contributed by atoms with E-state index < -0.39 is 72.1 Å². The van der Waals surface area contributed by atoms with Crippen LogP contribution in [0, 0.1) is 5.92 Å². The summed E-state index contributed by atoms with van der Waals surface area (Å²) in [6, 6.07) is 21.3. The smallest absolute Gasteiger partial charge is 0.407 e. The van der Waals surface area contributed by atoms with E-state index in [-0.39, 0.29) is 37.9 Å². The van der Waals surface area contributed by atoms with E-state index in [9.17, 15) is 28.8 Å². The number of nitrogens with one attached hydrogen (secondary N) is 3. The van der Waals surface area contributed by atoms with Gasteiger partial charge >= 0.3 is 24.0 Å². The van der Waals surface area contributed by atoms with Gasteiger partial charge in [-0.15, -0.1) is 0 Å². The Labute approximate surface area is 391 Å². The van der Waals surface area contributed by atoms with Crippen LogP contribution in [-0.2, 0) is 49.5 Å². The van der Waals surface area contributed by atoms with Crippen LogP contribution < -0.4 is 16.0 Å². The van der Waals surface area contributed by atoms with E-state index in [4.69, 9.17) is 18.9 Å². The molecule has 4 atom stereocenters. The molecule has 0 heterocycles. The number of unbranched alkanes of at least 4 members (excludes halogenated alkanes) is 8. The molecule has 360 valence electrons. The number of benzene rings is 3. The topological polar surface area (TPSA) is 175 Å². The van der Waals surface area contributed by atoms with Crippen LogP contribution in [0.4, 0.5) is 4.79 Å². The molecule has 0 aromatic heterocycles. The van der Waals surface area contributed by atoms with Crippen LogP contribution in [-0.4, -0.2) is 72.3 Å². The number of alkyl carbamates (subject to hydrolysis) is 1. The molecule has 0 saturated carbocycles. The minimum Gasteiger partial charge on any atom is -0.461 e. The summed E-state index contributed by atoms with van der Waals surface area (Å²) in [5, 5.41) is 7.91. The van der Waals surface area contributed by atoms with Crippen molar-refractivity contribution in [3.05, 3.63) is 95.6 Å². The van der Waals surface area contributed by atoms with Gasteiger partial charge in [0.2, 0.25) is 11.8 Å². The summed E-state index contributed by atoms with van der Waals surface area (Å²) in [5.41, 5.74) is 4.07. The van der Waals surface area contributed by atoms with Crippen molar-refractivity contribution in [3.8, 4) is 11.1 Å². The van der Waals surface area contributed by atoms with Crippen LogP contribution >= 0.6 is 0 Å². The Kier molecular flexibility index (Phi) is 21.7. The van der Waals surface area contributed by atoms with Gasteiger partial charge in [-0.05, 0) is 80.7 Å². The summed E-state index contributed by atoms with van der Waals surface area (Å²) < 4.78 is 22.6. The van der Waals surface area contributed by atoms with Gasteiger partial charge in [0.15, 0.2) is 0 Å². The van der Waals surface area contributed by atoms with Crippen molar-refractivity contribution >= 4 is 35.8 Å². The van der Waals surface area contributed by atoms with E-state index in [1.807, 2.05) is 92.7 Å². The quantitative estimate of drug-likeness (QED) is 0.0379. The predicted octanol–water partition coefficient (Wildman–Crippen LogP) is 9.63. The Hall–Kier alpha value is -5.72. The minimum atomic E-state index is -1.47. The highest BCUT2D eigenvalue weighted by molar-refractivity contribution is 5.94. The third-order valence-electron chi connectivity index (χ3n) is 11.3. The number of amides is 3. The largest absolute Gasteiger partial charge is 0.461 e. The number of hydrogen-bond donors (Lipinski definition) is 3. The van der Waals surface area contributed by atoms with Crippen LogP contribution in [0.3, 0.4) is 0 Å². The van der Waals surface area contributed by atoms with Crippen molar-refractivity contribution in [2.75, 3.05) is 6.61 Å². The fraction of sp³-hybridized carbons (Fsp3) is 0.547. The first-order valence-electron chi connectivity index (χ1n) is 23.9. The number of carbonyl (C=O) groups is 6. The molecule has 13 heteroatoms. The number of ether oxygens (including phenoxy) is 4. The van der Waals surface area contributed by atoms with Gasteiger partial charge in [0.25, 0.3) is 0 Å². The van der Waals surface area contributed by atoms with Crippen LogP contribution in [0.2, 0.25) is 0 Å². The van der Waals surface area contributed by atoms with Gasteiger partial charge in [0.1, 0.15) is 43.0 Å². The van der Waals surface area contributed by atoms with Crippen molar-refractivity contribution in [2.24, 2.45) is 5.92 Å². The average molecular weight is 912 g/mol. The maximum atomic E-state index is 14.0. The molecule has 0 radical (unpaired) electrons. The molecule has 0 spiro atoms. The highest BCUT2D eigenvalue weighted by Gasteiger charge is 2.34. The Morgan fingerprint density at radius 2 is 1.18 bits per heavy atom. The van der Waals surface area contributed by atoms with E-state index in [1.54, 1.807) is 20.8 Å². The second-order valence-corrected chi connectivity index (χ2v) is 18.8. The second kappa shape index (κ2) is 27.0. The molecule has 1 aliphatic rings. The maximum Gasteiger partial charge on any atom is 0.407 e. The highest BCUT2D eigenvalue weighted by atomic mass is 16.6. The van der Waals surface area contributed by atoms with Crippen molar-refractivity contribution in [2.45, 2.75) is 174 Å². The monoisotopic (exact) mass is 912 g/mol. The summed E-state index contributed by atoms with van der Waals surface area (Å²) in [7, 11) is 0. The van der Waals surface area contributed by atoms with E-state index >= 15 is 0 Å². The van der Waals surface area contributed by atoms with Gasteiger partial charge in [-0.1, -0.05) is 151 Å². The Morgan fingerprint density at radius 3 is 1.77 bits per heavy atom. The lowest BCUT2D eigenvalue weighted by Gasteiger charge is -2.26. The fourth-order valence-electron chi connectivity index (χ4n) is 8.02. The van der Waals surface area contributed by atoms with Crippen molar-refractivity contribution in [1.82, 2.24) is 16.0 Å². The molecule has 3 aromatic rings. The van der Waals surface area contributed by atoms with Crippen molar-refractivity contribution < 1.29 is 47.7 Å². The Balaban J connectivity index is 1.39. The molecule has 0 fully saturated rings. The van der Waals surface area contributed by atoms with Crippen molar-refractivity contribution in [1.29, 1.82) is 0 Å². The van der Waals surface area contributed by atoms with Crippen LogP contribution in [0.1, 0.15) is 155 Å². The lowest BCUT2D eigenvalue weighted by atomic mass is 9.98. The molecule has 13 nitrogen and oxygen atoms in total. The number of esters is 3. The Morgan fingerprint density at radius 1 is 0.621 bits per heavy atom. The van der Waals surface area contributed by atoms with E-state index in [0.29, 0.717) is 6.42 Å². The zero-order valence-corrected chi connectivity index (χ0v) is 40.2. The molecular formula is C53H73N3O10. The first-order valence-corrected chi connectivity index (χ1v) is 23.9. The molecule has 0 aliphatic heterocycles. The molecule has 1 aliphatic carbocycles. The van der Waals surface area contributed by atoms with Crippen LogP contribution in [0.5, 0.6) is 0 Å². The Bertz CT molecular complexity index is 1980. The fourth-order valence-corrected chi connectivity index (χ4v) is 8.02. The van der Waals surface area contributed by atoms with E-state index in [0.717, 1.165) is 53.5 Å². The highest BCUT2D eigenvalue weighted by Crippen LogP contribution is 2.44. The lowest BCUT2D eigenvalue weighted by Crippen LogP contribution is -2.56. The molecule has 1 unspecified atom stereocenters. The minimum absolute atomic E-state index is 0.0259. The molecule has 66 heavy (non-hydrogen) atoms. The van der Waals surface area contributed by atoms with Gasteiger partial charge in [-0.25, -0.2) is 9.59 Å². The lowest BCUT2D eigenvalue weighted by molar-refractivity contribution is -0.159. The summed E-state index contributed by atoms with van der Waals surface area (Å²) in [4.78, 5) is 80.9. The van der Waals surface area contributed by atoms with E-state index in [2.05, 4.69) is 22.9 Å². The molecule has 0 bridgehead atoms. The first-order chi connectivity index (χ1) is 31.5. The zero-order valence-electron chi connectivity index (χ0n) is 40.2. The molecule has 3 N–H and O–H groups in total. The van der Waals surface area contributed by atoms with Gasteiger partial charge in [-0.3, -0.25) is 19.2 Å². The predicted molar refractivity (Wildman–Crippen MR) is 254 cm³/mol. The molecular weight excluding hydrogens is 839 g/mol. The van der Waals surface area contributed by atoms with Gasteiger partial charge < -0.3 is 34.9 Å². The van der Waals surface area contributed by atoms with Gasteiger partial charge in [-0.2, -0.15) is 0 Å². The van der Waals surface area contributed by atoms with Gasteiger partial charge in [0.05, 0.1) is 12.8 Å². The number of carbonyl (C=O) groups excluding carboxylic acids is 6. The third-order valence-corrected chi connectivity index (χ3v) is 11.3. The first kappa shape index (κ1) is 52.9. The standard InChI is InChI=1S/C53H73N3O10/c1-8-9-10-11-12-13-14-15-19-26-39(32-47(57)63-34-38-24-17-16-18-25-38)65-51(61)37(4)54-49(59)45(31-36(2)3)55-50(60)46(33-48(58)66-53(5,6)7)56-52(62)64-35-44-42-29-22-20-27-40(42)41-28-21-23-30-43(41)44/h16-18,20-25,27-30,36-37,39,44-46H,8-15,19,26,31-35H2,1-7H3,(H,54,59)(H,55,60)(H,56,62)/t37-,39?,45+,46-/m0/s1. The van der Waals surface area contributed by atoms with Crippen molar-refractivity contribution in [3.63, 3.8) is 0 Å². The molecule has 4 rings (SSSR count). The summed E-state index contributed by atoms with van der Waals surface area (Å²) >= 11 is 0. The number of rotatable bonds is 27. The zero-order chi connectivity index (χ0) is 48.1. The number of fused-ring (bicyclic) bond motifs is 3. The summed E-state index contributed by atoms with van der Waals surface area (Å²) in [6.45, 7) is 12.5. The molecule has 3 aromatic carbocycles. The average Bonchev–Trinajstić information content (AvgIpc) is 3.59. The van der Waals surface area contributed by atoms with Gasteiger partial charge in [0, 0.05) is 5.92 Å². The molecule has 0 saturated heterocycles. The normalized spacial score (nSPS) is 13.9.